The van der Waals surface area contributed by atoms with Gasteiger partial charge in [0.1, 0.15) is 22.7 Å². The van der Waals surface area contributed by atoms with Gasteiger partial charge < -0.3 is 14.2 Å². The Hall–Kier alpha value is -0.650. The van der Waals surface area contributed by atoms with Crippen molar-refractivity contribution in [2.24, 2.45) is 0 Å². The Morgan fingerprint density at radius 2 is 2.21 bits per heavy atom. The largest absolute Gasteiger partial charge is 0.495 e. The van der Waals surface area contributed by atoms with E-state index in [2.05, 4.69) is 20.9 Å². The van der Waals surface area contributed by atoms with Gasteiger partial charge in [-0.1, -0.05) is 0 Å². The predicted octanol–water partition coefficient (Wildman–Crippen LogP) is 1.68. The van der Waals surface area contributed by atoms with Gasteiger partial charge in [-0.25, -0.2) is 4.98 Å². The highest BCUT2D eigenvalue weighted by molar-refractivity contribution is 9.10. The highest BCUT2D eigenvalue weighted by Gasteiger charge is 2.51. The van der Waals surface area contributed by atoms with Crippen molar-refractivity contribution >= 4 is 15.9 Å². The van der Waals surface area contributed by atoms with Gasteiger partial charge in [-0.3, -0.25) is 0 Å². The van der Waals surface area contributed by atoms with Crippen LogP contribution in [0.1, 0.15) is 5.69 Å². The summed E-state index contributed by atoms with van der Waals surface area (Å²) in [4.78, 5) is 4.29. The number of epoxide rings is 1. The third-order valence-corrected chi connectivity index (χ3v) is 2.58. The molecular formula is C9H10BrNO3. The van der Waals surface area contributed by atoms with Crippen LogP contribution in [0.15, 0.2) is 16.7 Å². The second-order valence-corrected chi connectivity index (χ2v) is 3.74. The smallest absolute Gasteiger partial charge is 0.240 e. The molecule has 0 aromatic carbocycles. The van der Waals surface area contributed by atoms with Crippen LogP contribution in [-0.2, 0) is 15.3 Å². The zero-order valence-corrected chi connectivity index (χ0v) is 9.50. The lowest BCUT2D eigenvalue weighted by Crippen LogP contribution is -2.15. The second kappa shape index (κ2) is 3.49. The molecule has 1 aromatic heterocycles. The normalized spacial score (nSPS) is 24.8. The van der Waals surface area contributed by atoms with Gasteiger partial charge in [-0.05, 0) is 28.1 Å². The molecule has 2 rings (SSSR count). The fraction of sp³-hybridized carbons (Fsp3) is 0.444. The number of methoxy groups -OCH3 is 2. The molecule has 1 atom stereocenters. The average Bonchev–Trinajstić information content (AvgIpc) is 2.98. The summed E-state index contributed by atoms with van der Waals surface area (Å²) < 4.78 is 16.4. The quantitative estimate of drug-likeness (QED) is 0.612. The van der Waals surface area contributed by atoms with Crippen molar-refractivity contribution in [2.75, 3.05) is 20.8 Å². The highest BCUT2D eigenvalue weighted by atomic mass is 79.9. The van der Waals surface area contributed by atoms with Gasteiger partial charge in [0.05, 0.1) is 7.11 Å². The van der Waals surface area contributed by atoms with Crippen molar-refractivity contribution in [3.8, 4) is 5.75 Å². The van der Waals surface area contributed by atoms with E-state index in [4.69, 9.17) is 14.2 Å². The maximum atomic E-state index is 5.25. The van der Waals surface area contributed by atoms with Gasteiger partial charge >= 0.3 is 0 Å². The Morgan fingerprint density at radius 1 is 1.50 bits per heavy atom. The molecule has 76 valence electrons. The van der Waals surface area contributed by atoms with Crippen molar-refractivity contribution in [3.05, 3.63) is 22.4 Å². The molecule has 0 amide bonds. The lowest BCUT2D eigenvalue weighted by molar-refractivity contribution is -0.0190. The molecule has 0 bridgehead atoms. The Kier molecular flexibility index (Phi) is 2.47. The molecule has 1 aliphatic rings. The van der Waals surface area contributed by atoms with Crippen molar-refractivity contribution in [3.63, 3.8) is 0 Å². The van der Waals surface area contributed by atoms with E-state index in [1.54, 1.807) is 14.2 Å². The number of rotatable bonds is 3. The van der Waals surface area contributed by atoms with E-state index >= 15 is 0 Å². The lowest BCUT2D eigenvalue weighted by atomic mass is 10.2. The fourth-order valence-corrected chi connectivity index (χ4v) is 1.59. The third-order valence-electron chi connectivity index (χ3n) is 2.14. The van der Waals surface area contributed by atoms with E-state index < -0.39 is 5.79 Å². The fourth-order valence-electron chi connectivity index (χ4n) is 1.28. The minimum absolute atomic E-state index is 0.517. The van der Waals surface area contributed by atoms with Gasteiger partial charge in [0.2, 0.25) is 5.79 Å². The third kappa shape index (κ3) is 1.51. The van der Waals surface area contributed by atoms with E-state index in [1.807, 2.05) is 12.1 Å². The molecule has 1 unspecified atom stereocenters. The van der Waals surface area contributed by atoms with E-state index in [0.29, 0.717) is 18.1 Å². The molecule has 1 aromatic rings. The van der Waals surface area contributed by atoms with Crippen LogP contribution in [0.4, 0.5) is 0 Å². The Balaban J connectivity index is 2.44. The lowest BCUT2D eigenvalue weighted by Gasteiger charge is -2.13. The maximum absolute atomic E-state index is 5.25. The Morgan fingerprint density at radius 3 is 2.71 bits per heavy atom. The van der Waals surface area contributed by atoms with Crippen LogP contribution >= 0.6 is 15.9 Å². The number of aromatic nitrogens is 1. The molecule has 5 heteroatoms. The van der Waals surface area contributed by atoms with E-state index in [9.17, 15) is 0 Å². The summed E-state index contributed by atoms with van der Waals surface area (Å²) in [6, 6.07) is 3.64. The number of hydrogen-bond donors (Lipinski definition) is 0. The molecule has 0 N–H and O–H groups in total. The van der Waals surface area contributed by atoms with Crippen LogP contribution < -0.4 is 4.74 Å². The van der Waals surface area contributed by atoms with Gasteiger partial charge in [-0.15, -0.1) is 0 Å². The van der Waals surface area contributed by atoms with Gasteiger partial charge in [0.25, 0.3) is 0 Å². The van der Waals surface area contributed by atoms with E-state index in [-0.39, 0.29) is 0 Å². The standard InChI is InChI=1S/C9H10BrNO3/c1-12-6-3-4-7(10)11-8(6)9(13-2)5-14-9/h3-4H,5H2,1-2H3. The van der Waals surface area contributed by atoms with Gasteiger partial charge in [0, 0.05) is 7.11 Å². The van der Waals surface area contributed by atoms with Crippen molar-refractivity contribution in [1.82, 2.24) is 4.98 Å². The molecule has 0 aliphatic carbocycles. The molecule has 0 saturated carbocycles. The van der Waals surface area contributed by atoms with Gasteiger partial charge in [0.15, 0.2) is 0 Å². The van der Waals surface area contributed by atoms with E-state index in [0.717, 1.165) is 4.60 Å². The molecule has 0 spiro atoms. The number of nitrogens with zero attached hydrogens (tertiary/aromatic N) is 1. The number of hydrogen-bond acceptors (Lipinski definition) is 4. The SMILES string of the molecule is COc1ccc(Br)nc1C1(OC)CO1. The minimum atomic E-state index is -0.699. The minimum Gasteiger partial charge on any atom is -0.495 e. The number of pyridine rings is 1. The van der Waals surface area contributed by atoms with Crippen molar-refractivity contribution in [1.29, 1.82) is 0 Å². The summed E-state index contributed by atoms with van der Waals surface area (Å²) in [6.45, 7) is 0.517. The zero-order chi connectivity index (χ0) is 10.2. The molecule has 1 fully saturated rings. The molecule has 1 aliphatic heterocycles. The summed E-state index contributed by atoms with van der Waals surface area (Å²) in [5, 5.41) is 0. The summed E-state index contributed by atoms with van der Waals surface area (Å²) in [6.07, 6.45) is 0. The van der Waals surface area contributed by atoms with Crippen molar-refractivity contribution < 1.29 is 14.2 Å². The monoisotopic (exact) mass is 259 g/mol. The molecule has 2 heterocycles. The number of halogens is 1. The maximum Gasteiger partial charge on any atom is 0.240 e. The van der Waals surface area contributed by atoms with Crippen LogP contribution in [0.3, 0.4) is 0 Å². The predicted molar refractivity (Wildman–Crippen MR) is 53.1 cm³/mol. The highest BCUT2D eigenvalue weighted by Crippen LogP contribution is 2.42. The first-order chi connectivity index (χ1) is 6.72. The molecule has 0 radical (unpaired) electrons. The van der Waals surface area contributed by atoms with Crippen LogP contribution in [-0.4, -0.2) is 25.8 Å². The average molecular weight is 260 g/mol. The first kappa shape index (κ1) is 9.89. The number of ether oxygens (including phenoxy) is 3. The summed E-state index contributed by atoms with van der Waals surface area (Å²) in [5.41, 5.74) is 0.678. The van der Waals surface area contributed by atoms with Crippen LogP contribution in [0.5, 0.6) is 5.75 Å². The van der Waals surface area contributed by atoms with Gasteiger partial charge in [-0.2, -0.15) is 0 Å². The summed E-state index contributed by atoms with van der Waals surface area (Å²) in [5.74, 6) is -0.0256. The first-order valence-corrected chi connectivity index (χ1v) is 4.91. The Labute approximate surface area is 90.3 Å². The van der Waals surface area contributed by atoms with E-state index in [1.165, 1.54) is 0 Å². The Bertz CT molecular complexity index is 352. The summed E-state index contributed by atoms with van der Waals surface area (Å²) >= 11 is 3.30. The topological polar surface area (TPSA) is 43.9 Å². The van der Waals surface area contributed by atoms with Crippen LogP contribution in [0.2, 0.25) is 0 Å². The second-order valence-electron chi connectivity index (χ2n) is 2.93. The molecule has 4 nitrogen and oxygen atoms in total. The first-order valence-electron chi connectivity index (χ1n) is 4.12. The van der Waals surface area contributed by atoms with Crippen molar-refractivity contribution in [2.45, 2.75) is 5.79 Å². The van der Waals surface area contributed by atoms with Crippen LogP contribution in [0.25, 0.3) is 0 Å². The molecule has 14 heavy (non-hydrogen) atoms. The van der Waals surface area contributed by atoms with Crippen LogP contribution in [0, 0.1) is 0 Å². The summed E-state index contributed by atoms with van der Waals surface area (Å²) in [7, 11) is 3.19. The molecular weight excluding hydrogens is 250 g/mol. The zero-order valence-electron chi connectivity index (χ0n) is 7.91. The molecule has 1 saturated heterocycles.